The molecule has 1 aliphatic rings. The van der Waals surface area contributed by atoms with Crippen LogP contribution in [0, 0.1) is 11.3 Å². The Hall–Kier alpha value is -0.283. The van der Waals surface area contributed by atoms with Crippen LogP contribution in [0.5, 0.6) is 0 Å². The Morgan fingerprint density at radius 3 is 2.36 bits per heavy atom. The van der Waals surface area contributed by atoms with Crippen molar-refractivity contribution < 1.29 is 9.53 Å². The number of hydrogen-bond donors (Lipinski definition) is 1. The van der Waals surface area contributed by atoms with Gasteiger partial charge in [-0.1, -0.05) is 20.8 Å². The van der Waals surface area contributed by atoms with E-state index in [-0.39, 0.29) is 11.5 Å². The minimum absolute atomic E-state index is 0.227. The van der Waals surface area contributed by atoms with Crippen LogP contribution in [0.3, 0.4) is 0 Å². The van der Waals surface area contributed by atoms with Gasteiger partial charge in [0.05, 0.1) is 0 Å². The summed E-state index contributed by atoms with van der Waals surface area (Å²) in [5.74, 6) is 1.27. The van der Waals surface area contributed by atoms with Gasteiger partial charge in [0.2, 0.25) is 9.04 Å². The molecule has 0 bridgehead atoms. The molecular weight excluding hydrogens is 192 g/mol. The molecule has 3 heteroatoms. The normalized spacial score (nSPS) is 28.1. The molecule has 0 aliphatic heterocycles. The van der Waals surface area contributed by atoms with Crippen LogP contribution in [-0.4, -0.2) is 20.3 Å². The summed E-state index contributed by atoms with van der Waals surface area (Å²) in [5.41, 5.74) is 0.227. The Kier molecular flexibility index (Phi) is 3.43. The van der Waals surface area contributed by atoms with Crippen LogP contribution in [0.4, 0.5) is 0 Å². The van der Waals surface area contributed by atoms with Gasteiger partial charge in [0.25, 0.3) is 0 Å². The average Bonchev–Trinajstić information content (AvgIpc) is 2.30. The fourth-order valence-electron chi connectivity index (χ4n) is 1.73. The molecule has 1 aliphatic carbocycles. The first-order chi connectivity index (χ1) is 6.30. The Morgan fingerprint density at radius 1 is 1.43 bits per heavy atom. The summed E-state index contributed by atoms with van der Waals surface area (Å²) in [7, 11) is -1.07. The zero-order valence-electron chi connectivity index (χ0n) is 9.87. The van der Waals surface area contributed by atoms with Crippen LogP contribution < -0.4 is 0 Å². The van der Waals surface area contributed by atoms with Gasteiger partial charge in [-0.15, -0.1) is 0 Å². The van der Waals surface area contributed by atoms with Gasteiger partial charge in [-0.25, -0.2) is 0 Å². The van der Waals surface area contributed by atoms with E-state index in [2.05, 4.69) is 39.9 Å². The van der Waals surface area contributed by atoms with Crippen molar-refractivity contribution in [3.63, 3.8) is 0 Å². The zero-order chi connectivity index (χ0) is 10.9. The van der Waals surface area contributed by atoms with E-state index in [1.54, 1.807) is 0 Å². The Balaban J connectivity index is 2.68. The maximum Gasteiger partial charge on any atom is 0.229 e. The molecule has 0 saturated carbocycles. The maximum atomic E-state index is 9.80. The smallest absolute Gasteiger partial charge is 0.229 e. The second-order valence-electron chi connectivity index (χ2n) is 5.46. The lowest BCUT2D eigenvalue weighted by atomic mass is 9.80. The minimum atomic E-state index is -1.07. The van der Waals surface area contributed by atoms with Crippen molar-refractivity contribution in [2.75, 3.05) is 0 Å². The van der Waals surface area contributed by atoms with Gasteiger partial charge in [0.1, 0.15) is 11.9 Å². The van der Waals surface area contributed by atoms with Crippen LogP contribution in [0.25, 0.3) is 0 Å². The van der Waals surface area contributed by atoms with Crippen molar-refractivity contribution >= 4 is 9.04 Å². The van der Waals surface area contributed by atoms with Crippen molar-refractivity contribution in [3.05, 3.63) is 11.8 Å². The van der Waals surface area contributed by atoms with Gasteiger partial charge in [-0.2, -0.15) is 0 Å². The molecule has 82 valence electrons. The summed E-state index contributed by atoms with van der Waals surface area (Å²) < 4.78 is 5.70. The summed E-state index contributed by atoms with van der Waals surface area (Å²) in [4.78, 5) is 0. The number of aliphatic hydroxyl groups excluding tert-OH is 1. The van der Waals surface area contributed by atoms with E-state index in [1.165, 1.54) is 0 Å². The van der Waals surface area contributed by atoms with Gasteiger partial charge < -0.3 is 9.53 Å². The topological polar surface area (TPSA) is 29.5 Å². The second kappa shape index (κ2) is 4.07. The monoisotopic (exact) mass is 214 g/mol. The molecule has 1 N–H and O–H groups in total. The molecule has 1 rings (SSSR count). The summed E-state index contributed by atoms with van der Waals surface area (Å²) in [6, 6.07) is 0. The van der Waals surface area contributed by atoms with E-state index in [0.717, 1.165) is 12.2 Å². The first kappa shape index (κ1) is 11.8. The predicted octanol–water partition coefficient (Wildman–Crippen LogP) is 2.30. The van der Waals surface area contributed by atoms with E-state index >= 15 is 0 Å². The highest BCUT2D eigenvalue weighted by atomic mass is 28.3. The third-order valence-electron chi connectivity index (χ3n) is 2.66. The van der Waals surface area contributed by atoms with Crippen LogP contribution in [0.1, 0.15) is 27.2 Å². The summed E-state index contributed by atoms with van der Waals surface area (Å²) >= 11 is 0. The van der Waals surface area contributed by atoms with Crippen molar-refractivity contribution in [1.29, 1.82) is 0 Å². The third-order valence-corrected chi connectivity index (χ3v) is 3.40. The Bertz CT molecular complexity index is 228. The fraction of sp³-hybridized carbons (Fsp3) is 0.818. The van der Waals surface area contributed by atoms with Gasteiger partial charge in [-0.05, 0) is 36.9 Å². The fourth-order valence-corrected chi connectivity index (χ4v) is 2.51. The van der Waals surface area contributed by atoms with Gasteiger partial charge >= 0.3 is 0 Å². The van der Waals surface area contributed by atoms with Crippen LogP contribution >= 0.6 is 0 Å². The molecule has 0 amide bonds. The van der Waals surface area contributed by atoms with Crippen LogP contribution in [0.2, 0.25) is 13.1 Å². The first-order valence-electron chi connectivity index (χ1n) is 5.37. The molecule has 0 radical (unpaired) electrons. The van der Waals surface area contributed by atoms with Gasteiger partial charge in [-0.3, -0.25) is 0 Å². The molecule has 14 heavy (non-hydrogen) atoms. The first-order valence-corrected chi connectivity index (χ1v) is 8.15. The molecule has 2 atom stereocenters. The second-order valence-corrected chi connectivity index (χ2v) is 7.79. The highest BCUT2D eigenvalue weighted by Crippen LogP contribution is 2.38. The lowest BCUT2D eigenvalue weighted by Gasteiger charge is -2.25. The molecule has 0 heterocycles. The Morgan fingerprint density at radius 2 is 2.00 bits per heavy atom. The van der Waals surface area contributed by atoms with Gasteiger partial charge in [0, 0.05) is 0 Å². The van der Waals surface area contributed by atoms with Crippen molar-refractivity contribution in [3.8, 4) is 0 Å². The van der Waals surface area contributed by atoms with E-state index in [1.807, 2.05) is 0 Å². The number of aliphatic hydroxyl groups is 1. The van der Waals surface area contributed by atoms with Crippen LogP contribution in [-0.2, 0) is 4.43 Å². The lowest BCUT2D eigenvalue weighted by molar-refractivity contribution is 0.141. The SMILES string of the molecule is C[SiH](C)OC1=CC(C(C)(C)C)CC1O. The lowest BCUT2D eigenvalue weighted by Crippen LogP contribution is -2.19. The van der Waals surface area contributed by atoms with E-state index in [0.29, 0.717) is 5.92 Å². The minimum Gasteiger partial charge on any atom is -0.548 e. The van der Waals surface area contributed by atoms with E-state index in [4.69, 9.17) is 4.43 Å². The van der Waals surface area contributed by atoms with E-state index in [9.17, 15) is 5.11 Å². The molecule has 0 aromatic heterocycles. The predicted molar refractivity (Wildman–Crippen MR) is 61.6 cm³/mol. The molecule has 0 saturated heterocycles. The standard InChI is InChI=1S/C11H22O2Si/c1-11(2,3)8-6-9(12)10(7-8)13-14(4)5/h7-9,12,14H,6H2,1-5H3. The number of hydrogen-bond acceptors (Lipinski definition) is 2. The Labute approximate surface area is 88.7 Å². The van der Waals surface area contributed by atoms with E-state index < -0.39 is 9.04 Å². The average molecular weight is 214 g/mol. The highest BCUT2D eigenvalue weighted by Gasteiger charge is 2.33. The summed E-state index contributed by atoms with van der Waals surface area (Å²) in [5, 5.41) is 9.80. The molecule has 2 nitrogen and oxygen atoms in total. The maximum absolute atomic E-state index is 9.80. The van der Waals surface area contributed by atoms with Crippen molar-refractivity contribution in [2.45, 2.75) is 46.4 Å². The number of rotatable bonds is 2. The summed E-state index contributed by atoms with van der Waals surface area (Å²) in [6.07, 6.45) is 2.58. The quantitative estimate of drug-likeness (QED) is 0.715. The summed E-state index contributed by atoms with van der Waals surface area (Å²) in [6.45, 7) is 10.9. The van der Waals surface area contributed by atoms with Crippen molar-refractivity contribution in [2.24, 2.45) is 11.3 Å². The molecular formula is C11H22O2Si. The van der Waals surface area contributed by atoms with Crippen LogP contribution in [0.15, 0.2) is 11.8 Å². The molecule has 0 aromatic carbocycles. The molecule has 0 aromatic rings. The number of allylic oxidation sites excluding steroid dienone is 1. The molecule has 2 unspecified atom stereocenters. The van der Waals surface area contributed by atoms with Crippen molar-refractivity contribution in [1.82, 2.24) is 0 Å². The highest BCUT2D eigenvalue weighted by molar-refractivity contribution is 6.48. The third kappa shape index (κ3) is 2.85. The molecule has 0 spiro atoms. The molecule has 0 fully saturated rings. The zero-order valence-corrected chi connectivity index (χ0v) is 11.0. The van der Waals surface area contributed by atoms with Gasteiger partial charge in [0.15, 0.2) is 0 Å². The largest absolute Gasteiger partial charge is 0.548 e.